The third kappa shape index (κ3) is 3.01. The van der Waals surface area contributed by atoms with E-state index >= 15 is 0 Å². The summed E-state index contributed by atoms with van der Waals surface area (Å²) in [6, 6.07) is 2.80. The van der Waals surface area contributed by atoms with Crippen LogP contribution in [0.5, 0.6) is 0 Å². The molecular weight excluding hydrogens is 299 g/mol. The number of hydrogen-bond donors (Lipinski definition) is 1. The number of amides is 1. The van der Waals surface area contributed by atoms with Gasteiger partial charge in [0.1, 0.15) is 11.5 Å². The van der Waals surface area contributed by atoms with Gasteiger partial charge in [0.15, 0.2) is 0 Å². The van der Waals surface area contributed by atoms with Crippen molar-refractivity contribution in [1.82, 2.24) is 10.2 Å². The van der Waals surface area contributed by atoms with Crippen LogP contribution in [0.1, 0.15) is 9.80 Å². The lowest BCUT2D eigenvalue weighted by Crippen LogP contribution is -2.13. The lowest BCUT2D eigenvalue weighted by Gasteiger charge is -2.03. The van der Waals surface area contributed by atoms with Crippen molar-refractivity contribution in [2.75, 3.05) is 5.32 Å². The van der Waals surface area contributed by atoms with Crippen LogP contribution >= 0.6 is 22.9 Å². The van der Waals surface area contributed by atoms with Gasteiger partial charge >= 0.3 is 0 Å². The van der Waals surface area contributed by atoms with Crippen LogP contribution in [0.4, 0.5) is 15.8 Å². The Morgan fingerprint density at radius 1 is 1.47 bits per heavy atom. The largest absolute Gasteiger partial charge is 0.314 e. The molecule has 0 bridgehead atoms. The molecule has 0 aliphatic rings. The first-order valence-corrected chi connectivity index (χ1v) is 5.91. The van der Waals surface area contributed by atoms with Gasteiger partial charge in [0.05, 0.1) is 11.0 Å². The molecule has 0 radical (unpaired) electrons. The van der Waals surface area contributed by atoms with Gasteiger partial charge in [-0.2, -0.15) is 0 Å². The van der Waals surface area contributed by atoms with Crippen LogP contribution in [-0.4, -0.2) is 21.0 Å². The molecule has 2 aromatic rings. The Labute approximate surface area is 114 Å². The van der Waals surface area contributed by atoms with Crippen LogP contribution in [0, 0.1) is 15.9 Å². The van der Waals surface area contributed by atoms with E-state index in [1.54, 1.807) is 0 Å². The van der Waals surface area contributed by atoms with E-state index in [2.05, 4.69) is 15.5 Å². The van der Waals surface area contributed by atoms with Gasteiger partial charge in [0, 0.05) is 0 Å². The molecule has 0 spiro atoms. The molecule has 0 saturated carbocycles. The summed E-state index contributed by atoms with van der Waals surface area (Å²) in [7, 11) is 0. The summed E-state index contributed by atoms with van der Waals surface area (Å²) < 4.78 is 13.0. The number of hydrogen-bond acceptors (Lipinski definition) is 6. The number of nitrogens with one attached hydrogen (secondary N) is 1. The van der Waals surface area contributed by atoms with Crippen molar-refractivity contribution < 1.29 is 14.1 Å². The Morgan fingerprint density at radius 3 is 2.79 bits per heavy atom. The fourth-order valence-corrected chi connectivity index (χ4v) is 1.96. The number of halogens is 2. The molecule has 0 unspecified atom stereocenters. The van der Waals surface area contributed by atoms with Crippen molar-refractivity contribution in [3.63, 3.8) is 0 Å². The van der Waals surface area contributed by atoms with Crippen LogP contribution < -0.4 is 5.32 Å². The summed E-state index contributed by atoms with van der Waals surface area (Å²) in [6.07, 6.45) is 0. The van der Waals surface area contributed by atoms with E-state index in [1.165, 1.54) is 0 Å². The minimum Gasteiger partial charge on any atom is -0.314 e. The Hall–Kier alpha value is -2.13. The van der Waals surface area contributed by atoms with Crippen LogP contribution in [0.3, 0.4) is 0 Å². The fraction of sp³-hybridized carbons (Fsp3) is 0. The average molecular weight is 303 g/mol. The molecule has 1 aromatic heterocycles. The minimum atomic E-state index is -0.800. The molecule has 7 nitrogen and oxygen atoms in total. The minimum absolute atomic E-state index is 0.0522. The van der Waals surface area contributed by atoms with Crippen molar-refractivity contribution in [3.8, 4) is 0 Å². The monoisotopic (exact) mass is 302 g/mol. The van der Waals surface area contributed by atoms with E-state index < -0.39 is 22.3 Å². The van der Waals surface area contributed by atoms with E-state index in [0.29, 0.717) is 6.07 Å². The normalized spacial score (nSPS) is 10.2. The number of nitrogens with zero attached hydrogens (tertiary/aromatic N) is 3. The summed E-state index contributed by atoms with van der Waals surface area (Å²) in [5.41, 5.74) is -0.688. The highest BCUT2D eigenvalue weighted by Gasteiger charge is 2.19. The number of carbonyl (C=O) groups is 1. The first kappa shape index (κ1) is 13.3. The molecule has 0 aliphatic heterocycles. The molecule has 1 heterocycles. The average Bonchev–Trinajstić information content (AvgIpc) is 2.78. The lowest BCUT2D eigenvalue weighted by atomic mass is 10.2. The quantitative estimate of drug-likeness (QED) is 0.694. The van der Waals surface area contributed by atoms with Gasteiger partial charge in [0.2, 0.25) is 9.47 Å². The summed E-state index contributed by atoms with van der Waals surface area (Å²) in [5.74, 6) is -1.48. The molecule has 1 amide bonds. The van der Waals surface area contributed by atoms with Gasteiger partial charge < -0.3 is 5.32 Å². The second kappa shape index (κ2) is 5.24. The van der Waals surface area contributed by atoms with Crippen LogP contribution in [0.15, 0.2) is 18.2 Å². The molecule has 0 atom stereocenters. The number of rotatable bonds is 3. The molecule has 0 saturated heterocycles. The molecule has 1 aromatic carbocycles. The number of aromatic nitrogens is 2. The highest BCUT2D eigenvalue weighted by Crippen LogP contribution is 2.26. The van der Waals surface area contributed by atoms with Gasteiger partial charge in [-0.05, 0) is 23.7 Å². The van der Waals surface area contributed by atoms with Crippen LogP contribution in [-0.2, 0) is 0 Å². The Kier molecular flexibility index (Phi) is 3.67. The smallest absolute Gasteiger partial charge is 0.295 e. The van der Waals surface area contributed by atoms with E-state index in [4.69, 9.17) is 11.6 Å². The lowest BCUT2D eigenvalue weighted by molar-refractivity contribution is -0.384. The number of carbonyl (C=O) groups excluding carboxylic acids is 1. The van der Waals surface area contributed by atoms with Gasteiger partial charge in [-0.15, -0.1) is 10.2 Å². The summed E-state index contributed by atoms with van der Waals surface area (Å²) >= 11 is 6.34. The summed E-state index contributed by atoms with van der Waals surface area (Å²) in [6.45, 7) is 0. The predicted octanol–water partition coefficient (Wildman–Crippen LogP) is 2.49. The van der Waals surface area contributed by atoms with Crippen molar-refractivity contribution >= 4 is 40.2 Å². The third-order valence-electron chi connectivity index (χ3n) is 2.00. The third-order valence-corrected chi connectivity index (χ3v) is 3.02. The fourth-order valence-electron chi connectivity index (χ4n) is 1.23. The van der Waals surface area contributed by atoms with Gasteiger partial charge in [-0.1, -0.05) is 11.3 Å². The van der Waals surface area contributed by atoms with Gasteiger partial charge in [-0.3, -0.25) is 14.9 Å². The van der Waals surface area contributed by atoms with E-state index in [0.717, 1.165) is 23.5 Å². The van der Waals surface area contributed by atoms with Crippen molar-refractivity contribution in [1.29, 1.82) is 0 Å². The van der Waals surface area contributed by atoms with Gasteiger partial charge in [0.25, 0.3) is 11.6 Å². The molecule has 0 aliphatic carbocycles. The van der Waals surface area contributed by atoms with Crippen LogP contribution in [0.25, 0.3) is 0 Å². The van der Waals surface area contributed by atoms with Gasteiger partial charge in [-0.25, -0.2) is 4.39 Å². The zero-order valence-electron chi connectivity index (χ0n) is 8.96. The first-order chi connectivity index (χ1) is 8.97. The predicted molar refractivity (Wildman–Crippen MR) is 65.9 cm³/mol. The SMILES string of the molecule is O=C(Nc1ccc(F)cc1[N+](=O)[O-])c1nnc(Cl)s1. The first-order valence-electron chi connectivity index (χ1n) is 4.71. The maximum absolute atomic E-state index is 12.9. The standard InChI is InChI=1S/C9H4ClFN4O3S/c10-9-14-13-8(19-9)7(16)12-5-2-1-4(11)3-6(5)15(17)18/h1-3H,(H,12,16). The number of benzene rings is 1. The Balaban J connectivity index is 2.28. The number of nitro benzene ring substituents is 1. The van der Waals surface area contributed by atoms with Crippen molar-refractivity contribution in [2.24, 2.45) is 0 Å². The van der Waals surface area contributed by atoms with Crippen molar-refractivity contribution in [2.45, 2.75) is 0 Å². The highest BCUT2D eigenvalue weighted by atomic mass is 35.5. The number of anilines is 1. The molecule has 98 valence electrons. The Bertz CT molecular complexity index is 663. The molecule has 2 rings (SSSR count). The molecule has 19 heavy (non-hydrogen) atoms. The van der Waals surface area contributed by atoms with Crippen molar-refractivity contribution in [3.05, 3.63) is 43.6 Å². The molecule has 0 fully saturated rings. The Morgan fingerprint density at radius 2 is 2.21 bits per heavy atom. The highest BCUT2D eigenvalue weighted by molar-refractivity contribution is 7.17. The second-order valence-corrected chi connectivity index (χ2v) is 4.79. The van der Waals surface area contributed by atoms with E-state index in [-0.39, 0.29) is 15.2 Å². The summed E-state index contributed by atoms with van der Waals surface area (Å²) in [4.78, 5) is 21.6. The van der Waals surface area contributed by atoms with E-state index in [9.17, 15) is 19.3 Å². The summed E-state index contributed by atoms with van der Waals surface area (Å²) in [5, 5.41) is 19.9. The second-order valence-electron chi connectivity index (χ2n) is 3.23. The maximum atomic E-state index is 12.9. The number of nitro groups is 1. The van der Waals surface area contributed by atoms with Crippen LogP contribution in [0.2, 0.25) is 4.47 Å². The topological polar surface area (TPSA) is 98.0 Å². The molecular formula is C9H4ClFN4O3S. The van der Waals surface area contributed by atoms with E-state index in [1.807, 2.05) is 0 Å². The molecule has 10 heteroatoms. The zero-order chi connectivity index (χ0) is 14.0. The zero-order valence-corrected chi connectivity index (χ0v) is 10.5. The maximum Gasteiger partial charge on any atom is 0.295 e. The molecule has 1 N–H and O–H groups in total.